The molecule has 0 bridgehead atoms. The van der Waals surface area contributed by atoms with Crippen molar-refractivity contribution in [3.05, 3.63) is 29.6 Å². The van der Waals surface area contributed by atoms with Gasteiger partial charge in [0.05, 0.1) is 7.05 Å². The van der Waals surface area contributed by atoms with E-state index in [1.807, 2.05) is 13.8 Å². The number of amides is 2. The molecule has 0 aliphatic carbocycles. The van der Waals surface area contributed by atoms with Gasteiger partial charge in [0.1, 0.15) is 0 Å². The zero-order valence-electron chi connectivity index (χ0n) is 10.7. The number of hydrogen-bond donors (Lipinski definition) is 3. The van der Waals surface area contributed by atoms with E-state index in [0.29, 0.717) is 5.56 Å². The van der Waals surface area contributed by atoms with Crippen LogP contribution in [0.3, 0.4) is 0 Å². The van der Waals surface area contributed by atoms with Crippen molar-refractivity contribution in [2.75, 3.05) is 7.05 Å². The molecule has 5 N–H and O–H groups in total. The normalized spacial score (nSPS) is 14.3. The molecule has 0 saturated carbocycles. The molecule has 2 amide bonds. The first-order valence-corrected chi connectivity index (χ1v) is 5.53. The van der Waals surface area contributed by atoms with Gasteiger partial charge in [-0.2, -0.15) is 0 Å². The largest absolute Gasteiger partial charge is 0.426 e. The standard InChI is InChI=1S/C12H17FN4O/c1-7(2)8-5-4-6-9(13)10(8)17(3,11(14)15)12(16)18/h4-7H,1-3H3,(H4-,14,15,16,18)/p+1. The molecule has 1 rings (SSSR count). The van der Waals surface area contributed by atoms with E-state index in [-0.39, 0.29) is 11.6 Å². The second-order valence-corrected chi connectivity index (χ2v) is 4.56. The van der Waals surface area contributed by atoms with Gasteiger partial charge >= 0.3 is 12.0 Å². The highest BCUT2D eigenvalue weighted by atomic mass is 19.1. The fourth-order valence-electron chi connectivity index (χ4n) is 1.82. The Hall–Kier alpha value is -1.95. The predicted molar refractivity (Wildman–Crippen MR) is 69.7 cm³/mol. The number of benzene rings is 1. The van der Waals surface area contributed by atoms with Crippen molar-refractivity contribution < 1.29 is 9.18 Å². The third-order valence-corrected chi connectivity index (χ3v) is 3.01. The van der Waals surface area contributed by atoms with Crippen LogP contribution in [0.4, 0.5) is 14.9 Å². The number of rotatable bonds is 2. The molecule has 5 nitrogen and oxygen atoms in total. The van der Waals surface area contributed by atoms with Crippen LogP contribution in [0.5, 0.6) is 0 Å². The lowest BCUT2D eigenvalue weighted by Gasteiger charge is -2.29. The van der Waals surface area contributed by atoms with E-state index >= 15 is 0 Å². The fraction of sp³-hybridized carbons (Fsp3) is 0.333. The van der Waals surface area contributed by atoms with Crippen molar-refractivity contribution in [3.8, 4) is 0 Å². The molecule has 0 spiro atoms. The van der Waals surface area contributed by atoms with Gasteiger partial charge in [-0.15, -0.1) is 4.48 Å². The van der Waals surface area contributed by atoms with E-state index in [9.17, 15) is 9.18 Å². The molecule has 0 heterocycles. The monoisotopic (exact) mass is 253 g/mol. The molecule has 6 heteroatoms. The summed E-state index contributed by atoms with van der Waals surface area (Å²) >= 11 is 0. The first-order chi connectivity index (χ1) is 8.22. The lowest BCUT2D eigenvalue weighted by Crippen LogP contribution is -2.61. The van der Waals surface area contributed by atoms with Gasteiger partial charge in [0.2, 0.25) is 0 Å². The quantitative estimate of drug-likeness (QED) is 0.426. The Morgan fingerprint density at radius 2 is 1.94 bits per heavy atom. The highest BCUT2D eigenvalue weighted by Gasteiger charge is 2.41. The highest BCUT2D eigenvalue weighted by molar-refractivity contribution is 6.07. The van der Waals surface area contributed by atoms with Crippen LogP contribution in [0.15, 0.2) is 18.2 Å². The molecule has 1 aromatic rings. The number of nitrogens with one attached hydrogen (secondary N) is 1. The van der Waals surface area contributed by atoms with Crippen molar-refractivity contribution >= 4 is 17.7 Å². The third-order valence-electron chi connectivity index (χ3n) is 3.01. The number of carbonyl (C=O) groups is 1. The fourth-order valence-corrected chi connectivity index (χ4v) is 1.82. The zero-order chi connectivity index (χ0) is 14.1. The topological polar surface area (TPSA) is 93.0 Å². The van der Waals surface area contributed by atoms with Gasteiger partial charge in [0.15, 0.2) is 11.5 Å². The Bertz CT molecular complexity index is 485. The van der Waals surface area contributed by atoms with Crippen LogP contribution in [0.1, 0.15) is 25.3 Å². The molecular weight excluding hydrogens is 235 g/mol. The van der Waals surface area contributed by atoms with Gasteiger partial charge in [-0.05, 0) is 12.0 Å². The molecular formula is C12H18FN4O+. The summed E-state index contributed by atoms with van der Waals surface area (Å²) in [5, 5.41) is 7.53. The molecule has 0 radical (unpaired) electrons. The highest BCUT2D eigenvalue weighted by Crippen LogP contribution is 2.33. The first kappa shape index (κ1) is 14.1. The number of guanidine groups is 1. The maximum atomic E-state index is 14.1. The van der Waals surface area contributed by atoms with Crippen LogP contribution in [0, 0.1) is 11.2 Å². The number of quaternary nitrogens is 1. The molecule has 1 unspecified atom stereocenters. The Morgan fingerprint density at radius 1 is 1.39 bits per heavy atom. The summed E-state index contributed by atoms with van der Waals surface area (Å²) in [5.74, 6) is -1.14. The lowest BCUT2D eigenvalue weighted by atomic mass is 9.99. The number of hydrogen-bond acceptors (Lipinski definition) is 2. The van der Waals surface area contributed by atoms with Crippen LogP contribution in [-0.4, -0.2) is 19.0 Å². The minimum Gasteiger partial charge on any atom is -0.337 e. The second kappa shape index (κ2) is 4.73. The minimum absolute atomic E-state index is 0.0214. The smallest absolute Gasteiger partial charge is 0.337 e. The maximum Gasteiger partial charge on any atom is 0.426 e. The number of para-hydroxylation sites is 1. The molecule has 0 aliphatic heterocycles. The van der Waals surface area contributed by atoms with E-state index in [0.717, 1.165) is 0 Å². The van der Waals surface area contributed by atoms with E-state index in [1.165, 1.54) is 13.1 Å². The summed E-state index contributed by atoms with van der Waals surface area (Å²) in [4.78, 5) is 11.6. The number of primary amides is 1. The molecule has 1 atom stereocenters. The molecule has 0 saturated heterocycles. The van der Waals surface area contributed by atoms with Crippen LogP contribution in [-0.2, 0) is 0 Å². The maximum absolute atomic E-state index is 14.1. The van der Waals surface area contributed by atoms with Gasteiger partial charge in [0, 0.05) is 5.56 Å². The van der Waals surface area contributed by atoms with Gasteiger partial charge in [-0.25, -0.2) is 14.6 Å². The average Bonchev–Trinajstić information content (AvgIpc) is 2.26. The van der Waals surface area contributed by atoms with Gasteiger partial charge in [-0.1, -0.05) is 26.0 Å². The van der Waals surface area contributed by atoms with E-state index in [2.05, 4.69) is 0 Å². The molecule has 0 aliphatic rings. The Kier molecular flexibility index (Phi) is 3.71. The zero-order valence-corrected chi connectivity index (χ0v) is 10.7. The predicted octanol–water partition coefficient (Wildman–Crippen LogP) is 1.86. The Morgan fingerprint density at radius 3 is 2.33 bits per heavy atom. The van der Waals surface area contributed by atoms with E-state index in [1.54, 1.807) is 12.1 Å². The Balaban J connectivity index is 3.66. The van der Waals surface area contributed by atoms with Crippen molar-refractivity contribution in [1.82, 2.24) is 4.48 Å². The molecule has 18 heavy (non-hydrogen) atoms. The summed E-state index contributed by atoms with van der Waals surface area (Å²) in [6.45, 7) is 3.73. The summed E-state index contributed by atoms with van der Waals surface area (Å²) in [7, 11) is 1.31. The average molecular weight is 253 g/mol. The number of nitrogens with zero attached hydrogens (tertiary/aromatic N) is 1. The summed E-state index contributed by atoms with van der Waals surface area (Å²) in [5.41, 5.74) is 11.4. The first-order valence-electron chi connectivity index (χ1n) is 5.53. The molecule has 98 valence electrons. The summed E-state index contributed by atoms with van der Waals surface area (Å²) < 4.78 is 13.2. The van der Waals surface area contributed by atoms with E-state index in [4.69, 9.17) is 16.9 Å². The van der Waals surface area contributed by atoms with Crippen LogP contribution in [0.2, 0.25) is 0 Å². The lowest BCUT2D eigenvalue weighted by molar-refractivity contribution is 0.234. The van der Waals surface area contributed by atoms with Gasteiger partial charge in [0.25, 0.3) is 0 Å². The van der Waals surface area contributed by atoms with E-state index < -0.39 is 22.3 Å². The summed E-state index contributed by atoms with van der Waals surface area (Å²) in [6.07, 6.45) is 0. The number of urea groups is 1. The number of nitrogens with two attached hydrogens (primary N) is 2. The molecule has 0 aromatic heterocycles. The van der Waals surface area contributed by atoms with Gasteiger partial charge < -0.3 is 11.5 Å². The SMILES string of the molecule is CC(C)c1cccc(F)c1[N+](C)(C(=N)N)C(N)=O. The van der Waals surface area contributed by atoms with Crippen molar-refractivity contribution in [2.24, 2.45) is 11.5 Å². The Labute approximate surface area is 105 Å². The summed E-state index contributed by atoms with van der Waals surface area (Å²) in [6, 6.07) is 3.59. The van der Waals surface area contributed by atoms with Crippen LogP contribution < -0.4 is 16.0 Å². The van der Waals surface area contributed by atoms with Gasteiger partial charge in [-0.3, -0.25) is 0 Å². The second-order valence-electron chi connectivity index (χ2n) is 4.56. The third kappa shape index (κ3) is 2.06. The molecule has 0 fully saturated rings. The number of carbonyl (C=O) groups excluding carboxylic acids is 1. The number of halogens is 1. The van der Waals surface area contributed by atoms with Crippen molar-refractivity contribution in [2.45, 2.75) is 19.8 Å². The van der Waals surface area contributed by atoms with Crippen molar-refractivity contribution in [3.63, 3.8) is 0 Å². The molecule has 1 aromatic carbocycles. The van der Waals surface area contributed by atoms with Crippen molar-refractivity contribution in [1.29, 1.82) is 5.41 Å². The van der Waals surface area contributed by atoms with Crippen LogP contribution in [0.25, 0.3) is 0 Å². The van der Waals surface area contributed by atoms with Crippen LogP contribution >= 0.6 is 0 Å². The minimum atomic E-state index is -0.894.